The molecule has 25 heavy (non-hydrogen) atoms. The van der Waals surface area contributed by atoms with E-state index in [-0.39, 0.29) is 12.3 Å². The number of carbonyl (C=O) groups excluding carboxylic acids is 3. The Kier molecular flexibility index (Phi) is 6.54. The first-order chi connectivity index (χ1) is 11.9. The molecule has 0 aliphatic heterocycles. The van der Waals surface area contributed by atoms with Gasteiger partial charge in [0.05, 0.1) is 17.1 Å². The highest BCUT2D eigenvalue weighted by Gasteiger charge is 2.10. The largest absolute Gasteiger partial charge is 0.455 e. The van der Waals surface area contributed by atoms with Crippen LogP contribution in [0.5, 0.6) is 0 Å². The monoisotopic (exact) mass is 360 g/mol. The number of nitrogens with one attached hydrogen (secondary N) is 2. The number of rotatable bonds is 6. The maximum absolute atomic E-state index is 11.8. The van der Waals surface area contributed by atoms with Crippen LogP contribution in [0.2, 0.25) is 5.02 Å². The van der Waals surface area contributed by atoms with E-state index < -0.39 is 18.5 Å². The lowest BCUT2D eigenvalue weighted by atomic mass is 10.1. The number of para-hydroxylation sites is 1. The highest BCUT2D eigenvalue weighted by Crippen LogP contribution is 2.20. The number of amides is 2. The first kappa shape index (κ1) is 18.5. The molecule has 0 spiro atoms. The van der Waals surface area contributed by atoms with Crippen molar-refractivity contribution in [3.05, 3.63) is 59.1 Å². The number of ether oxygens (including phenoxy) is 1. The average molecular weight is 361 g/mol. The van der Waals surface area contributed by atoms with Crippen molar-refractivity contribution in [3.63, 3.8) is 0 Å². The zero-order chi connectivity index (χ0) is 18.2. The van der Waals surface area contributed by atoms with Crippen molar-refractivity contribution in [3.8, 4) is 0 Å². The standard InChI is InChI=1S/C18H17ClN2O4/c1-12(22)20-14-8-6-13(7-9-14)10-18(24)25-11-17(23)21-16-5-3-2-4-15(16)19/h2-9H,10-11H2,1H3,(H,20,22)(H,21,23). The third-order valence-electron chi connectivity index (χ3n) is 3.13. The van der Waals surface area contributed by atoms with Gasteiger partial charge in [-0.15, -0.1) is 0 Å². The molecule has 0 saturated carbocycles. The van der Waals surface area contributed by atoms with Gasteiger partial charge in [-0.3, -0.25) is 14.4 Å². The molecule has 0 fully saturated rings. The molecule has 0 aliphatic carbocycles. The molecule has 0 aliphatic rings. The van der Waals surface area contributed by atoms with Gasteiger partial charge in [0.2, 0.25) is 5.91 Å². The summed E-state index contributed by atoms with van der Waals surface area (Å²) in [5, 5.41) is 5.61. The quantitative estimate of drug-likeness (QED) is 0.775. The highest BCUT2D eigenvalue weighted by molar-refractivity contribution is 6.33. The van der Waals surface area contributed by atoms with Gasteiger partial charge >= 0.3 is 5.97 Å². The van der Waals surface area contributed by atoms with Crippen LogP contribution in [0.3, 0.4) is 0 Å². The maximum atomic E-state index is 11.8. The Bertz CT molecular complexity index is 775. The summed E-state index contributed by atoms with van der Waals surface area (Å²) in [6.45, 7) is 1.02. The smallest absolute Gasteiger partial charge is 0.310 e. The second-order valence-corrected chi connectivity index (χ2v) is 5.65. The van der Waals surface area contributed by atoms with Crippen LogP contribution in [0, 0.1) is 0 Å². The summed E-state index contributed by atoms with van der Waals surface area (Å²) in [5.41, 5.74) is 1.81. The van der Waals surface area contributed by atoms with E-state index in [1.165, 1.54) is 6.92 Å². The Balaban J connectivity index is 1.79. The normalized spacial score (nSPS) is 10.0. The summed E-state index contributed by atoms with van der Waals surface area (Å²) in [6.07, 6.45) is 0.0275. The van der Waals surface area contributed by atoms with Gasteiger partial charge < -0.3 is 15.4 Å². The van der Waals surface area contributed by atoms with Crippen LogP contribution in [0.15, 0.2) is 48.5 Å². The molecule has 0 bridgehead atoms. The minimum absolute atomic E-state index is 0.0275. The summed E-state index contributed by atoms with van der Waals surface area (Å²) < 4.78 is 4.95. The van der Waals surface area contributed by atoms with E-state index in [4.69, 9.17) is 16.3 Å². The number of anilines is 2. The van der Waals surface area contributed by atoms with Gasteiger partial charge in [0.15, 0.2) is 6.61 Å². The summed E-state index contributed by atoms with van der Waals surface area (Å²) in [6, 6.07) is 13.6. The van der Waals surface area contributed by atoms with Gasteiger partial charge in [-0.2, -0.15) is 0 Å². The fraction of sp³-hybridized carbons (Fsp3) is 0.167. The van der Waals surface area contributed by atoms with E-state index in [9.17, 15) is 14.4 Å². The predicted octanol–water partition coefficient (Wildman–Crippen LogP) is 3.02. The molecular weight excluding hydrogens is 344 g/mol. The van der Waals surface area contributed by atoms with E-state index in [1.807, 2.05) is 0 Å². The van der Waals surface area contributed by atoms with Gasteiger partial charge in [0.1, 0.15) is 0 Å². The molecule has 6 nitrogen and oxygen atoms in total. The van der Waals surface area contributed by atoms with Crippen molar-refractivity contribution >= 4 is 40.8 Å². The van der Waals surface area contributed by atoms with E-state index >= 15 is 0 Å². The molecule has 0 unspecified atom stereocenters. The molecule has 0 heterocycles. The van der Waals surface area contributed by atoms with Crippen molar-refractivity contribution in [2.24, 2.45) is 0 Å². The summed E-state index contributed by atoms with van der Waals surface area (Å²) in [4.78, 5) is 34.5. The van der Waals surface area contributed by atoms with E-state index in [2.05, 4.69) is 10.6 Å². The summed E-state index contributed by atoms with van der Waals surface area (Å²) >= 11 is 5.93. The zero-order valence-corrected chi connectivity index (χ0v) is 14.3. The number of halogens is 1. The van der Waals surface area contributed by atoms with Gasteiger partial charge in [-0.05, 0) is 29.8 Å². The SMILES string of the molecule is CC(=O)Nc1ccc(CC(=O)OCC(=O)Nc2ccccc2Cl)cc1. The highest BCUT2D eigenvalue weighted by atomic mass is 35.5. The van der Waals surface area contributed by atoms with Crippen LogP contribution in [0.1, 0.15) is 12.5 Å². The Labute approximate surface area is 150 Å². The van der Waals surface area contributed by atoms with Crippen LogP contribution >= 0.6 is 11.6 Å². The van der Waals surface area contributed by atoms with Gasteiger partial charge in [0.25, 0.3) is 5.91 Å². The lowest BCUT2D eigenvalue weighted by Gasteiger charge is -2.08. The number of hydrogen-bond acceptors (Lipinski definition) is 4. The molecule has 2 aromatic carbocycles. The molecule has 0 radical (unpaired) electrons. The molecule has 130 valence electrons. The van der Waals surface area contributed by atoms with Crippen LogP contribution in [0.4, 0.5) is 11.4 Å². The molecule has 0 atom stereocenters. The van der Waals surface area contributed by atoms with Crippen molar-refractivity contribution in [2.75, 3.05) is 17.2 Å². The second kappa shape index (κ2) is 8.84. The first-order valence-corrected chi connectivity index (χ1v) is 7.88. The van der Waals surface area contributed by atoms with E-state index in [1.54, 1.807) is 48.5 Å². The Morgan fingerprint density at radius 3 is 2.32 bits per heavy atom. The molecule has 2 N–H and O–H groups in total. The molecule has 0 saturated heterocycles. The van der Waals surface area contributed by atoms with Crippen LogP contribution in [-0.4, -0.2) is 24.4 Å². The van der Waals surface area contributed by atoms with Crippen molar-refractivity contribution in [2.45, 2.75) is 13.3 Å². The third kappa shape index (κ3) is 6.27. The number of hydrogen-bond donors (Lipinski definition) is 2. The fourth-order valence-corrected chi connectivity index (χ4v) is 2.20. The Morgan fingerprint density at radius 1 is 1.00 bits per heavy atom. The Morgan fingerprint density at radius 2 is 1.68 bits per heavy atom. The molecule has 0 aromatic heterocycles. The minimum Gasteiger partial charge on any atom is -0.455 e. The maximum Gasteiger partial charge on any atom is 0.310 e. The van der Waals surface area contributed by atoms with Crippen LogP contribution in [-0.2, 0) is 25.5 Å². The molecule has 2 aromatic rings. The average Bonchev–Trinajstić information content (AvgIpc) is 2.56. The van der Waals surface area contributed by atoms with E-state index in [0.717, 1.165) is 0 Å². The number of esters is 1. The second-order valence-electron chi connectivity index (χ2n) is 5.24. The molecule has 2 amide bonds. The number of benzene rings is 2. The third-order valence-corrected chi connectivity index (χ3v) is 3.46. The Hall–Kier alpha value is -2.86. The summed E-state index contributed by atoms with van der Waals surface area (Å²) in [7, 11) is 0. The van der Waals surface area contributed by atoms with Crippen molar-refractivity contribution < 1.29 is 19.1 Å². The topological polar surface area (TPSA) is 84.5 Å². The van der Waals surface area contributed by atoms with Crippen LogP contribution < -0.4 is 10.6 Å². The predicted molar refractivity (Wildman–Crippen MR) is 95.5 cm³/mol. The van der Waals surface area contributed by atoms with E-state index in [0.29, 0.717) is 22.0 Å². The molecule has 7 heteroatoms. The fourth-order valence-electron chi connectivity index (χ4n) is 2.02. The molecular formula is C18H17ClN2O4. The van der Waals surface area contributed by atoms with Gasteiger partial charge in [-0.25, -0.2) is 0 Å². The first-order valence-electron chi connectivity index (χ1n) is 7.50. The lowest BCUT2D eigenvalue weighted by Crippen LogP contribution is -2.21. The van der Waals surface area contributed by atoms with Gasteiger partial charge in [0, 0.05) is 12.6 Å². The van der Waals surface area contributed by atoms with Crippen LogP contribution in [0.25, 0.3) is 0 Å². The summed E-state index contributed by atoms with van der Waals surface area (Å²) in [5.74, 6) is -1.17. The molecule has 2 rings (SSSR count). The zero-order valence-electron chi connectivity index (χ0n) is 13.5. The van der Waals surface area contributed by atoms with Crippen molar-refractivity contribution in [1.29, 1.82) is 0 Å². The van der Waals surface area contributed by atoms with Gasteiger partial charge in [-0.1, -0.05) is 35.9 Å². The van der Waals surface area contributed by atoms with Crippen molar-refractivity contribution in [1.82, 2.24) is 0 Å². The lowest BCUT2D eigenvalue weighted by molar-refractivity contribution is -0.146. The number of carbonyl (C=O) groups is 3. The minimum atomic E-state index is -0.526.